The maximum Gasteiger partial charge on any atom is 0.206 e. The van der Waals surface area contributed by atoms with Crippen molar-refractivity contribution in [3.05, 3.63) is 64.3 Å². The number of sulfone groups is 1. The van der Waals surface area contributed by atoms with Crippen LogP contribution in [0.25, 0.3) is 6.08 Å². The fraction of sp³-hybridized carbons (Fsp3) is 0.125. The molecule has 6 heteroatoms. The Morgan fingerprint density at radius 1 is 1.14 bits per heavy atom. The number of rotatable bonds is 4. The number of fused-ring (bicyclic) bond motifs is 1. The molecule has 0 atom stereocenters. The van der Waals surface area contributed by atoms with Crippen LogP contribution in [0.15, 0.2) is 52.3 Å². The molecule has 2 aromatic carbocycles. The first-order valence-electron chi connectivity index (χ1n) is 6.68. The lowest BCUT2D eigenvalue weighted by Gasteiger charge is -2.08. The van der Waals surface area contributed by atoms with Gasteiger partial charge in [-0.2, -0.15) is 0 Å². The fourth-order valence-electron chi connectivity index (χ4n) is 2.30. The number of hydrogen-bond donors (Lipinski definition) is 1. The first kappa shape index (κ1) is 14.7. The van der Waals surface area contributed by atoms with Gasteiger partial charge in [0, 0.05) is 6.54 Å². The minimum Gasteiger partial charge on any atom is -0.485 e. The minimum absolute atomic E-state index is 0.0252. The molecule has 1 heterocycles. The maximum absolute atomic E-state index is 13.5. The van der Waals surface area contributed by atoms with Gasteiger partial charge in [-0.3, -0.25) is 0 Å². The molecule has 1 aliphatic heterocycles. The van der Waals surface area contributed by atoms with E-state index < -0.39 is 15.7 Å². The summed E-state index contributed by atoms with van der Waals surface area (Å²) in [6, 6.07) is 10.8. The Morgan fingerprint density at radius 3 is 2.64 bits per heavy atom. The molecule has 114 valence electrons. The first-order chi connectivity index (χ1) is 10.5. The van der Waals surface area contributed by atoms with Gasteiger partial charge in [-0.1, -0.05) is 18.2 Å². The Morgan fingerprint density at radius 2 is 1.91 bits per heavy atom. The minimum atomic E-state index is -3.58. The van der Waals surface area contributed by atoms with E-state index >= 15 is 0 Å². The van der Waals surface area contributed by atoms with Crippen LogP contribution in [-0.2, 0) is 16.4 Å². The fourth-order valence-corrected chi connectivity index (χ4v) is 3.76. The SMILES string of the molecule is NCc1ccc2c(c1)C=C(COc1ccccc1F)S2(=O)=O. The van der Waals surface area contributed by atoms with Gasteiger partial charge < -0.3 is 10.5 Å². The molecule has 2 N–H and O–H groups in total. The Kier molecular flexibility index (Phi) is 3.72. The largest absolute Gasteiger partial charge is 0.485 e. The van der Waals surface area contributed by atoms with E-state index in [9.17, 15) is 12.8 Å². The summed E-state index contributed by atoms with van der Waals surface area (Å²) in [4.78, 5) is 0.344. The third kappa shape index (κ3) is 2.51. The third-order valence-corrected chi connectivity index (χ3v) is 5.34. The van der Waals surface area contributed by atoms with Crippen molar-refractivity contribution in [3.63, 3.8) is 0 Å². The van der Waals surface area contributed by atoms with Crippen molar-refractivity contribution in [1.82, 2.24) is 0 Å². The highest BCUT2D eigenvalue weighted by molar-refractivity contribution is 7.95. The van der Waals surface area contributed by atoms with Crippen molar-refractivity contribution in [2.75, 3.05) is 6.61 Å². The maximum atomic E-state index is 13.5. The second-order valence-corrected chi connectivity index (χ2v) is 6.88. The highest BCUT2D eigenvalue weighted by Gasteiger charge is 2.30. The van der Waals surface area contributed by atoms with Crippen molar-refractivity contribution >= 4 is 15.9 Å². The van der Waals surface area contributed by atoms with E-state index in [1.54, 1.807) is 30.3 Å². The van der Waals surface area contributed by atoms with E-state index in [4.69, 9.17) is 10.5 Å². The molecule has 0 aromatic heterocycles. The zero-order chi connectivity index (χ0) is 15.7. The van der Waals surface area contributed by atoms with Crippen LogP contribution < -0.4 is 10.5 Å². The molecule has 0 radical (unpaired) electrons. The van der Waals surface area contributed by atoms with Crippen molar-refractivity contribution in [1.29, 1.82) is 0 Å². The zero-order valence-electron chi connectivity index (χ0n) is 11.6. The van der Waals surface area contributed by atoms with Crippen molar-refractivity contribution in [2.24, 2.45) is 5.73 Å². The lowest BCUT2D eigenvalue weighted by Crippen LogP contribution is -2.09. The predicted molar refractivity (Wildman–Crippen MR) is 81.4 cm³/mol. The van der Waals surface area contributed by atoms with Crippen LogP contribution in [0, 0.1) is 5.82 Å². The van der Waals surface area contributed by atoms with Crippen LogP contribution >= 0.6 is 0 Å². The molecule has 0 unspecified atom stereocenters. The Bertz CT molecular complexity index is 859. The number of benzene rings is 2. The molecule has 0 fully saturated rings. The lowest BCUT2D eigenvalue weighted by atomic mass is 10.1. The number of para-hydroxylation sites is 1. The van der Waals surface area contributed by atoms with Crippen molar-refractivity contribution < 1.29 is 17.5 Å². The van der Waals surface area contributed by atoms with E-state index in [1.807, 2.05) is 0 Å². The van der Waals surface area contributed by atoms with E-state index in [1.165, 1.54) is 18.2 Å². The molecular weight excluding hydrogens is 305 g/mol. The van der Waals surface area contributed by atoms with Gasteiger partial charge in [0.1, 0.15) is 6.61 Å². The predicted octanol–water partition coefficient (Wildman–Crippen LogP) is 2.49. The van der Waals surface area contributed by atoms with E-state index in [0.29, 0.717) is 12.1 Å². The quantitative estimate of drug-likeness (QED) is 0.940. The molecule has 3 rings (SSSR count). The topological polar surface area (TPSA) is 69.4 Å². The average Bonchev–Trinajstić information content (AvgIpc) is 2.76. The van der Waals surface area contributed by atoms with Gasteiger partial charge in [-0.25, -0.2) is 12.8 Å². The molecule has 2 aromatic rings. The molecule has 1 aliphatic rings. The second kappa shape index (κ2) is 5.55. The highest BCUT2D eigenvalue weighted by Crippen LogP contribution is 2.33. The van der Waals surface area contributed by atoms with E-state index in [-0.39, 0.29) is 22.2 Å². The summed E-state index contributed by atoms with van der Waals surface area (Å²) >= 11 is 0. The zero-order valence-corrected chi connectivity index (χ0v) is 12.4. The molecule has 0 spiro atoms. The van der Waals surface area contributed by atoms with Crippen LogP contribution in [0.2, 0.25) is 0 Å². The second-order valence-electron chi connectivity index (χ2n) is 4.91. The van der Waals surface area contributed by atoms with Crippen molar-refractivity contribution in [2.45, 2.75) is 11.4 Å². The molecule has 0 aliphatic carbocycles. The molecule has 0 amide bonds. The van der Waals surface area contributed by atoms with Crippen LogP contribution in [0.1, 0.15) is 11.1 Å². The van der Waals surface area contributed by atoms with Gasteiger partial charge in [-0.15, -0.1) is 0 Å². The Labute approximate surface area is 127 Å². The molecule has 4 nitrogen and oxygen atoms in total. The molecule has 0 saturated heterocycles. The summed E-state index contributed by atoms with van der Waals surface area (Å²) < 4.78 is 43.6. The summed E-state index contributed by atoms with van der Waals surface area (Å²) in [5.74, 6) is -0.501. The Hall–Kier alpha value is -2.18. The highest BCUT2D eigenvalue weighted by atomic mass is 32.2. The summed E-state index contributed by atoms with van der Waals surface area (Å²) in [7, 11) is -3.58. The van der Waals surface area contributed by atoms with Gasteiger partial charge in [0.2, 0.25) is 9.84 Å². The van der Waals surface area contributed by atoms with Gasteiger partial charge in [-0.05, 0) is 41.5 Å². The van der Waals surface area contributed by atoms with Crippen LogP contribution in [0.3, 0.4) is 0 Å². The number of nitrogens with two attached hydrogens (primary N) is 1. The smallest absolute Gasteiger partial charge is 0.206 e. The van der Waals surface area contributed by atoms with Crippen molar-refractivity contribution in [3.8, 4) is 5.75 Å². The van der Waals surface area contributed by atoms with Gasteiger partial charge in [0.05, 0.1) is 9.80 Å². The van der Waals surface area contributed by atoms with Gasteiger partial charge in [0.25, 0.3) is 0 Å². The van der Waals surface area contributed by atoms with Gasteiger partial charge in [0.15, 0.2) is 11.6 Å². The third-order valence-electron chi connectivity index (χ3n) is 3.47. The number of halogens is 1. The number of hydrogen-bond acceptors (Lipinski definition) is 4. The standard InChI is InChI=1S/C16H14FNO3S/c17-14-3-1-2-4-15(14)21-10-13-8-12-7-11(9-18)5-6-16(12)22(13,19)20/h1-8H,9-10,18H2. The Balaban J connectivity index is 1.88. The molecule has 22 heavy (non-hydrogen) atoms. The van der Waals surface area contributed by atoms with E-state index in [2.05, 4.69) is 0 Å². The molecular formula is C16H14FNO3S. The lowest BCUT2D eigenvalue weighted by molar-refractivity contribution is 0.338. The average molecular weight is 319 g/mol. The summed E-state index contributed by atoms with van der Waals surface area (Å²) in [5, 5.41) is 0. The van der Waals surface area contributed by atoms with Gasteiger partial charge >= 0.3 is 0 Å². The normalized spacial score (nSPS) is 15.3. The molecule has 0 saturated carbocycles. The first-order valence-corrected chi connectivity index (χ1v) is 8.16. The van der Waals surface area contributed by atoms with Crippen LogP contribution in [-0.4, -0.2) is 15.0 Å². The summed E-state index contributed by atoms with van der Waals surface area (Å²) in [6.45, 7) is 0.123. The molecule has 0 bridgehead atoms. The summed E-state index contributed by atoms with van der Waals surface area (Å²) in [6.07, 6.45) is 1.55. The monoisotopic (exact) mass is 319 g/mol. The van der Waals surface area contributed by atoms with Crippen LogP contribution in [0.4, 0.5) is 4.39 Å². The summed E-state index contributed by atoms with van der Waals surface area (Å²) in [5.41, 5.74) is 7.00. The van der Waals surface area contributed by atoms with E-state index in [0.717, 1.165) is 5.56 Å². The van der Waals surface area contributed by atoms with Crippen LogP contribution in [0.5, 0.6) is 5.75 Å². The number of ether oxygens (including phenoxy) is 1.